The van der Waals surface area contributed by atoms with Gasteiger partial charge in [0.1, 0.15) is 0 Å². The van der Waals surface area contributed by atoms with E-state index < -0.39 is 0 Å². The second-order valence-corrected chi connectivity index (χ2v) is 5.57. The lowest BCUT2D eigenvalue weighted by Crippen LogP contribution is -2.46. The van der Waals surface area contributed by atoms with Gasteiger partial charge in [-0.25, -0.2) is 0 Å². The van der Waals surface area contributed by atoms with Crippen LogP contribution in [0.25, 0.3) is 0 Å². The third kappa shape index (κ3) is 2.76. The number of nitrogens with two attached hydrogens (primary N) is 1. The summed E-state index contributed by atoms with van der Waals surface area (Å²) in [5.74, 6) is 1.73. The zero-order valence-electron chi connectivity index (χ0n) is 10.2. The molecule has 2 aliphatic carbocycles. The molecular weight excluding hydrogens is 200 g/mol. The number of nitrogens with one attached hydrogen (secondary N) is 1. The monoisotopic (exact) mass is 224 g/mol. The number of rotatable bonds is 4. The predicted molar refractivity (Wildman–Crippen MR) is 64.8 cm³/mol. The molecule has 2 aliphatic rings. The highest BCUT2D eigenvalue weighted by molar-refractivity contribution is 5.81. The van der Waals surface area contributed by atoms with E-state index in [4.69, 9.17) is 5.73 Å². The van der Waals surface area contributed by atoms with E-state index >= 15 is 0 Å². The Kier molecular flexibility index (Phi) is 3.85. The van der Waals surface area contributed by atoms with Crippen molar-refractivity contribution in [3.63, 3.8) is 0 Å². The Morgan fingerprint density at radius 2 is 2.00 bits per heavy atom. The smallest absolute Gasteiger partial charge is 0.223 e. The molecule has 0 aromatic carbocycles. The molecule has 3 nitrogen and oxygen atoms in total. The molecule has 92 valence electrons. The molecule has 2 saturated carbocycles. The van der Waals surface area contributed by atoms with Gasteiger partial charge < -0.3 is 11.1 Å². The lowest BCUT2D eigenvalue weighted by Gasteiger charge is -2.30. The summed E-state index contributed by atoms with van der Waals surface area (Å²) in [4.78, 5) is 11.9. The van der Waals surface area contributed by atoms with Gasteiger partial charge in [0.05, 0.1) is 0 Å². The molecule has 0 heterocycles. The van der Waals surface area contributed by atoms with Gasteiger partial charge in [-0.3, -0.25) is 4.79 Å². The molecule has 3 N–H and O–H groups in total. The molecule has 3 unspecified atom stereocenters. The molecule has 0 bridgehead atoms. The van der Waals surface area contributed by atoms with Crippen molar-refractivity contribution in [3.05, 3.63) is 0 Å². The number of carbonyl (C=O) groups excluding carboxylic acids is 1. The molecule has 0 saturated heterocycles. The molecule has 3 atom stereocenters. The quantitative estimate of drug-likeness (QED) is 0.763. The van der Waals surface area contributed by atoms with Crippen molar-refractivity contribution < 1.29 is 4.79 Å². The fourth-order valence-electron chi connectivity index (χ4n) is 2.88. The van der Waals surface area contributed by atoms with Crippen LogP contribution in [0.1, 0.15) is 45.4 Å². The SMILES string of the molecule is CC1CC1C(=O)NC(CN)C1CCCCC1. The molecule has 16 heavy (non-hydrogen) atoms. The van der Waals surface area contributed by atoms with Crippen LogP contribution in [-0.4, -0.2) is 18.5 Å². The van der Waals surface area contributed by atoms with Crippen LogP contribution in [0, 0.1) is 17.8 Å². The van der Waals surface area contributed by atoms with Crippen molar-refractivity contribution in [2.75, 3.05) is 6.54 Å². The van der Waals surface area contributed by atoms with Gasteiger partial charge in [0.15, 0.2) is 0 Å². The number of hydrogen-bond donors (Lipinski definition) is 2. The average molecular weight is 224 g/mol. The van der Waals surface area contributed by atoms with Crippen LogP contribution in [0.3, 0.4) is 0 Å². The van der Waals surface area contributed by atoms with E-state index in [2.05, 4.69) is 12.2 Å². The maximum Gasteiger partial charge on any atom is 0.223 e. The van der Waals surface area contributed by atoms with E-state index in [1.807, 2.05) is 0 Å². The fraction of sp³-hybridized carbons (Fsp3) is 0.923. The van der Waals surface area contributed by atoms with Crippen LogP contribution in [0.15, 0.2) is 0 Å². The Morgan fingerprint density at radius 3 is 2.50 bits per heavy atom. The summed E-state index contributed by atoms with van der Waals surface area (Å²) in [6.07, 6.45) is 7.49. The average Bonchev–Trinajstić information content (AvgIpc) is 3.04. The van der Waals surface area contributed by atoms with Crippen molar-refractivity contribution in [1.82, 2.24) is 5.32 Å². The zero-order chi connectivity index (χ0) is 11.5. The van der Waals surface area contributed by atoms with Crippen LogP contribution in [0.2, 0.25) is 0 Å². The molecule has 0 radical (unpaired) electrons. The van der Waals surface area contributed by atoms with E-state index in [1.165, 1.54) is 32.1 Å². The number of amides is 1. The van der Waals surface area contributed by atoms with Crippen molar-refractivity contribution in [2.24, 2.45) is 23.5 Å². The van der Waals surface area contributed by atoms with Crippen molar-refractivity contribution in [1.29, 1.82) is 0 Å². The zero-order valence-corrected chi connectivity index (χ0v) is 10.2. The summed E-state index contributed by atoms with van der Waals surface area (Å²) in [5, 5.41) is 3.16. The standard InChI is InChI=1S/C13H24N2O/c1-9-7-11(9)13(16)15-12(8-14)10-5-3-2-4-6-10/h9-12H,2-8,14H2,1H3,(H,15,16). The molecule has 3 heteroatoms. The normalized spacial score (nSPS) is 32.1. The van der Waals surface area contributed by atoms with Crippen LogP contribution < -0.4 is 11.1 Å². The summed E-state index contributed by atoms with van der Waals surface area (Å²) in [5.41, 5.74) is 5.79. The van der Waals surface area contributed by atoms with Gasteiger partial charge in [-0.05, 0) is 31.1 Å². The summed E-state index contributed by atoms with van der Waals surface area (Å²) < 4.78 is 0. The first kappa shape index (κ1) is 11.9. The Hall–Kier alpha value is -0.570. The first-order valence-electron chi connectivity index (χ1n) is 6.72. The first-order valence-corrected chi connectivity index (χ1v) is 6.72. The topological polar surface area (TPSA) is 55.1 Å². The van der Waals surface area contributed by atoms with E-state index in [-0.39, 0.29) is 17.9 Å². The molecular formula is C13H24N2O. The van der Waals surface area contributed by atoms with Gasteiger partial charge in [-0.15, -0.1) is 0 Å². The highest BCUT2D eigenvalue weighted by Crippen LogP contribution is 2.38. The summed E-state index contributed by atoms with van der Waals surface area (Å²) in [6, 6.07) is 0.223. The molecule has 2 fully saturated rings. The summed E-state index contributed by atoms with van der Waals surface area (Å²) in [6.45, 7) is 2.74. The highest BCUT2D eigenvalue weighted by atomic mass is 16.2. The molecule has 1 amide bonds. The Morgan fingerprint density at radius 1 is 1.38 bits per heavy atom. The van der Waals surface area contributed by atoms with Crippen LogP contribution in [0.5, 0.6) is 0 Å². The Bertz CT molecular complexity index is 248. The van der Waals surface area contributed by atoms with Gasteiger partial charge in [-0.1, -0.05) is 26.2 Å². The second-order valence-electron chi connectivity index (χ2n) is 5.57. The lowest BCUT2D eigenvalue weighted by molar-refractivity contribution is -0.123. The maximum absolute atomic E-state index is 11.9. The van der Waals surface area contributed by atoms with Crippen molar-refractivity contribution >= 4 is 5.91 Å². The van der Waals surface area contributed by atoms with Gasteiger partial charge >= 0.3 is 0 Å². The van der Waals surface area contributed by atoms with E-state index in [0.717, 1.165) is 6.42 Å². The molecule has 2 rings (SSSR count). The second kappa shape index (κ2) is 5.17. The minimum atomic E-state index is 0.223. The van der Waals surface area contributed by atoms with Crippen LogP contribution in [-0.2, 0) is 4.79 Å². The third-order valence-electron chi connectivity index (χ3n) is 4.25. The first-order chi connectivity index (χ1) is 7.72. The van der Waals surface area contributed by atoms with Crippen LogP contribution >= 0.6 is 0 Å². The van der Waals surface area contributed by atoms with E-state index in [0.29, 0.717) is 18.4 Å². The van der Waals surface area contributed by atoms with Crippen LogP contribution in [0.4, 0.5) is 0 Å². The Labute approximate surface area is 98.2 Å². The molecule has 0 aliphatic heterocycles. The predicted octanol–water partition coefficient (Wildman–Crippen LogP) is 1.67. The van der Waals surface area contributed by atoms with Gasteiger partial charge in [0.25, 0.3) is 0 Å². The van der Waals surface area contributed by atoms with E-state index in [9.17, 15) is 4.79 Å². The minimum absolute atomic E-state index is 0.223. The van der Waals surface area contributed by atoms with Gasteiger partial charge in [-0.2, -0.15) is 0 Å². The minimum Gasteiger partial charge on any atom is -0.352 e. The summed E-state index contributed by atoms with van der Waals surface area (Å²) in [7, 11) is 0. The highest BCUT2D eigenvalue weighted by Gasteiger charge is 2.40. The van der Waals surface area contributed by atoms with Gasteiger partial charge in [0.2, 0.25) is 5.91 Å². The largest absolute Gasteiger partial charge is 0.352 e. The van der Waals surface area contributed by atoms with Gasteiger partial charge in [0, 0.05) is 18.5 Å². The lowest BCUT2D eigenvalue weighted by atomic mass is 9.84. The fourth-order valence-corrected chi connectivity index (χ4v) is 2.88. The number of hydrogen-bond acceptors (Lipinski definition) is 2. The number of carbonyl (C=O) groups is 1. The third-order valence-corrected chi connectivity index (χ3v) is 4.25. The van der Waals surface area contributed by atoms with Crippen molar-refractivity contribution in [3.8, 4) is 0 Å². The summed E-state index contributed by atoms with van der Waals surface area (Å²) >= 11 is 0. The Balaban J connectivity index is 1.82. The van der Waals surface area contributed by atoms with E-state index in [1.54, 1.807) is 0 Å². The molecule has 0 aromatic rings. The molecule has 0 aromatic heterocycles. The maximum atomic E-state index is 11.9. The van der Waals surface area contributed by atoms with Crippen molar-refractivity contribution in [2.45, 2.75) is 51.5 Å². The molecule has 0 spiro atoms.